The third-order valence-electron chi connectivity index (χ3n) is 2.88. The van der Waals surface area contributed by atoms with Gasteiger partial charge >= 0.3 is 0 Å². The molecule has 0 saturated carbocycles. The monoisotopic (exact) mass is 319 g/mol. The van der Waals surface area contributed by atoms with Crippen molar-refractivity contribution in [2.24, 2.45) is 0 Å². The van der Waals surface area contributed by atoms with E-state index in [-0.39, 0.29) is 0 Å². The lowest BCUT2D eigenvalue weighted by Gasteiger charge is -2.11. The summed E-state index contributed by atoms with van der Waals surface area (Å²) in [6, 6.07) is 12.5. The SMILES string of the molecule is COc1cc(/C=C/[N+](=O)[O-])ccc1OCc1ccc(Cl)cc1. The zero-order valence-corrected chi connectivity index (χ0v) is 12.6. The molecular weight excluding hydrogens is 306 g/mol. The van der Waals surface area contributed by atoms with Crippen LogP contribution in [-0.2, 0) is 6.61 Å². The maximum Gasteiger partial charge on any atom is 0.235 e. The highest BCUT2D eigenvalue weighted by Crippen LogP contribution is 2.29. The molecule has 0 aromatic heterocycles. The largest absolute Gasteiger partial charge is 0.493 e. The van der Waals surface area contributed by atoms with Crippen molar-refractivity contribution in [3.05, 3.63) is 74.9 Å². The van der Waals surface area contributed by atoms with Crippen LogP contribution in [-0.4, -0.2) is 12.0 Å². The summed E-state index contributed by atoms with van der Waals surface area (Å²) in [5.74, 6) is 1.08. The molecule has 0 saturated heterocycles. The second-order valence-electron chi connectivity index (χ2n) is 4.43. The van der Waals surface area contributed by atoms with E-state index in [1.165, 1.54) is 13.2 Å². The molecule has 0 atom stereocenters. The second-order valence-corrected chi connectivity index (χ2v) is 4.86. The summed E-state index contributed by atoms with van der Waals surface area (Å²) in [6.45, 7) is 0.373. The van der Waals surface area contributed by atoms with Crippen LogP contribution >= 0.6 is 11.6 Å². The maximum absolute atomic E-state index is 10.3. The highest BCUT2D eigenvalue weighted by atomic mass is 35.5. The van der Waals surface area contributed by atoms with Crippen molar-refractivity contribution in [2.75, 3.05) is 7.11 Å². The number of ether oxygens (including phenoxy) is 2. The van der Waals surface area contributed by atoms with Crippen molar-refractivity contribution < 1.29 is 14.4 Å². The van der Waals surface area contributed by atoms with E-state index in [0.717, 1.165) is 11.8 Å². The van der Waals surface area contributed by atoms with E-state index < -0.39 is 4.92 Å². The van der Waals surface area contributed by atoms with Crippen LogP contribution in [0, 0.1) is 10.1 Å². The van der Waals surface area contributed by atoms with Gasteiger partial charge in [-0.3, -0.25) is 10.1 Å². The van der Waals surface area contributed by atoms with Crippen LogP contribution in [0.4, 0.5) is 0 Å². The van der Waals surface area contributed by atoms with E-state index in [1.54, 1.807) is 30.3 Å². The van der Waals surface area contributed by atoms with Crippen LogP contribution in [0.5, 0.6) is 11.5 Å². The van der Waals surface area contributed by atoms with Crippen LogP contribution in [0.1, 0.15) is 11.1 Å². The van der Waals surface area contributed by atoms with Crippen LogP contribution in [0.2, 0.25) is 5.02 Å². The van der Waals surface area contributed by atoms with Gasteiger partial charge in [-0.25, -0.2) is 0 Å². The number of hydrogen-bond donors (Lipinski definition) is 0. The third-order valence-corrected chi connectivity index (χ3v) is 3.14. The molecule has 2 aromatic carbocycles. The highest BCUT2D eigenvalue weighted by molar-refractivity contribution is 6.30. The Morgan fingerprint density at radius 2 is 1.91 bits per heavy atom. The Labute approximate surface area is 132 Å². The third kappa shape index (κ3) is 4.49. The number of nitrogens with zero attached hydrogens (tertiary/aromatic N) is 1. The number of hydrogen-bond acceptors (Lipinski definition) is 4. The van der Waals surface area contributed by atoms with E-state index in [9.17, 15) is 10.1 Å². The van der Waals surface area contributed by atoms with E-state index in [1.807, 2.05) is 12.1 Å². The minimum Gasteiger partial charge on any atom is -0.493 e. The molecule has 0 aliphatic carbocycles. The summed E-state index contributed by atoms with van der Waals surface area (Å²) < 4.78 is 11.0. The Bertz CT molecular complexity index is 683. The lowest BCUT2D eigenvalue weighted by atomic mass is 10.2. The summed E-state index contributed by atoms with van der Waals surface area (Å²) in [5.41, 5.74) is 1.64. The van der Waals surface area contributed by atoms with Gasteiger partial charge in [0.15, 0.2) is 11.5 Å². The average Bonchev–Trinajstić information content (AvgIpc) is 2.52. The molecule has 2 aromatic rings. The summed E-state index contributed by atoms with van der Waals surface area (Å²) in [4.78, 5) is 9.81. The van der Waals surface area contributed by atoms with E-state index in [4.69, 9.17) is 21.1 Å². The molecule has 0 spiro atoms. The molecule has 6 heteroatoms. The Kier molecular flexibility index (Phi) is 5.38. The van der Waals surface area contributed by atoms with Gasteiger partial charge in [0.2, 0.25) is 6.20 Å². The van der Waals surface area contributed by atoms with Crippen molar-refractivity contribution in [1.82, 2.24) is 0 Å². The quantitative estimate of drug-likeness (QED) is 0.592. The predicted molar refractivity (Wildman–Crippen MR) is 84.8 cm³/mol. The molecule has 0 heterocycles. The van der Waals surface area contributed by atoms with Crippen LogP contribution < -0.4 is 9.47 Å². The van der Waals surface area contributed by atoms with Gasteiger partial charge in [0, 0.05) is 11.1 Å². The predicted octanol–water partition coefficient (Wildman–Crippen LogP) is 4.18. The van der Waals surface area contributed by atoms with E-state index in [0.29, 0.717) is 28.7 Å². The fourth-order valence-electron chi connectivity index (χ4n) is 1.80. The minimum absolute atomic E-state index is 0.373. The van der Waals surface area contributed by atoms with Gasteiger partial charge in [0.05, 0.1) is 12.0 Å². The first-order chi connectivity index (χ1) is 10.6. The van der Waals surface area contributed by atoms with Gasteiger partial charge in [-0.05, 0) is 35.4 Å². The fraction of sp³-hybridized carbons (Fsp3) is 0.125. The number of halogens is 1. The van der Waals surface area contributed by atoms with Crippen LogP contribution in [0.3, 0.4) is 0 Å². The average molecular weight is 320 g/mol. The molecule has 0 aliphatic rings. The van der Waals surface area contributed by atoms with E-state index >= 15 is 0 Å². The van der Waals surface area contributed by atoms with E-state index in [2.05, 4.69) is 0 Å². The van der Waals surface area contributed by atoms with Gasteiger partial charge < -0.3 is 9.47 Å². The van der Waals surface area contributed by atoms with Crippen molar-refractivity contribution >= 4 is 17.7 Å². The second kappa shape index (κ2) is 7.47. The summed E-state index contributed by atoms with van der Waals surface area (Å²) >= 11 is 5.83. The summed E-state index contributed by atoms with van der Waals surface area (Å²) in [6.07, 6.45) is 2.27. The molecule has 0 N–H and O–H groups in total. The maximum atomic E-state index is 10.3. The molecule has 0 bridgehead atoms. The van der Waals surface area contributed by atoms with Crippen molar-refractivity contribution in [1.29, 1.82) is 0 Å². The zero-order valence-electron chi connectivity index (χ0n) is 11.9. The summed E-state index contributed by atoms with van der Waals surface area (Å²) in [7, 11) is 1.52. The Hall–Kier alpha value is -2.53. The molecular formula is C16H14ClNO4. The minimum atomic E-state index is -0.516. The molecule has 0 unspecified atom stereocenters. The standard InChI is InChI=1S/C16H14ClNO4/c1-21-16-10-12(8-9-18(19)20)4-7-15(16)22-11-13-2-5-14(17)6-3-13/h2-10H,11H2,1H3/b9-8+. The lowest BCUT2D eigenvalue weighted by Crippen LogP contribution is -1.97. The first kappa shape index (κ1) is 15.9. The van der Waals surface area contributed by atoms with Crippen molar-refractivity contribution in [3.8, 4) is 11.5 Å². The number of benzene rings is 2. The molecule has 114 valence electrons. The Morgan fingerprint density at radius 3 is 2.55 bits per heavy atom. The first-order valence-electron chi connectivity index (χ1n) is 6.45. The van der Waals surface area contributed by atoms with Crippen LogP contribution in [0.25, 0.3) is 6.08 Å². The Morgan fingerprint density at radius 1 is 1.18 bits per heavy atom. The molecule has 0 fully saturated rings. The molecule has 2 rings (SSSR count). The highest BCUT2D eigenvalue weighted by Gasteiger charge is 2.06. The number of methoxy groups -OCH3 is 1. The van der Waals surface area contributed by atoms with Crippen molar-refractivity contribution in [3.63, 3.8) is 0 Å². The van der Waals surface area contributed by atoms with Gasteiger partial charge in [0.1, 0.15) is 6.61 Å². The van der Waals surface area contributed by atoms with Gasteiger partial charge in [-0.15, -0.1) is 0 Å². The van der Waals surface area contributed by atoms with Gasteiger partial charge in [-0.1, -0.05) is 29.8 Å². The molecule has 5 nitrogen and oxygen atoms in total. The smallest absolute Gasteiger partial charge is 0.235 e. The first-order valence-corrected chi connectivity index (χ1v) is 6.83. The van der Waals surface area contributed by atoms with Gasteiger partial charge in [-0.2, -0.15) is 0 Å². The molecule has 0 radical (unpaired) electrons. The normalized spacial score (nSPS) is 10.6. The lowest BCUT2D eigenvalue weighted by molar-refractivity contribution is -0.400. The summed E-state index contributed by atoms with van der Waals surface area (Å²) in [5, 5.41) is 11.0. The zero-order chi connectivity index (χ0) is 15.9. The van der Waals surface area contributed by atoms with Crippen LogP contribution in [0.15, 0.2) is 48.7 Å². The number of rotatable bonds is 6. The number of nitro groups is 1. The van der Waals surface area contributed by atoms with Gasteiger partial charge in [0.25, 0.3) is 0 Å². The molecule has 22 heavy (non-hydrogen) atoms. The Balaban J connectivity index is 2.10. The fourth-order valence-corrected chi connectivity index (χ4v) is 1.92. The molecule has 0 aliphatic heterocycles. The molecule has 0 amide bonds. The topological polar surface area (TPSA) is 61.6 Å². The van der Waals surface area contributed by atoms with Crippen molar-refractivity contribution in [2.45, 2.75) is 6.61 Å².